The topological polar surface area (TPSA) is 54.5 Å². The van der Waals surface area contributed by atoms with E-state index in [1.807, 2.05) is 18.3 Å². The average Bonchev–Trinajstić information content (AvgIpc) is 3.10. The molecule has 2 aliphatic rings. The number of amides is 1. The van der Waals surface area contributed by atoms with Crippen molar-refractivity contribution in [1.29, 1.82) is 0 Å². The molecular weight excluding hydrogens is 302 g/mol. The summed E-state index contributed by atoms with van der Waals surface area (Å²) in [6.07, 6.45) is 7.81. The summed E-state index contributed by atoms with van der Waals surface area (Å²) in [5.41, 5.74) is 1.11. The second-order valence-electron chi connectivity index (χ2n) is 7.21. The van der Waals surface area contributed by atoms with Crippen molar-refractivity contribution in [2.75, 3.05) is 19.7 Å². The first-order valence-electron chi connectivity index (χ1n) is 9.24. The second-order valence-corrected chi connectivity index (χ2v) is 7.21. The van der Waals surface area contributed by atoms with Gasteiger partial charge in [0.2, 0.25) is 5.91 Å². The first-order valence-corrected chi connectivity index (χ1v) is 9.24. The zero-order chi connectivity index (χ0) is 16.8. The average molecular weight is 331 g/mol. The van der Waals surface area contributed by atoms with Crippen molar-refractivity contribution in [2.24, 2.45) is 5.92 Å². The number of piperidine rings is 1. The lowest BCUT2D eigenvalue weighted by Crippen LogP contribution is -2.50. The van der Waals surface area contributed by atoms with Gasteiger partial charge in [-0.2, -0.15) is 0 Å². The molecule has 1 N–H and O–H groups in total. The van der Waals surface area contributed by atoms with Crippen molar-refractivity contribution in [2.45, 2.75) is 57.7 Å². The van der Waals surface area contributed by atoms with E-state index in [9.17, 15) is 4.79 Å². The van der Waals surface area contributed by atoms with E-state index in [1.165, 1.54) is 12.8 Å². The van der Waals surface area contributed by atoms with E-state index in [0.717, 1.165) is 44.6 Å². The Balaban J connectivity index is 1.39. The number of ether oxygens (including phenoxy) is 1. The number of carbonyl (C=O) groups is 1. The first kappa shape index (κ1) is 17.4. The minimum Gasteiger partial charge on any atom is -0.368 e. The van der Waals surface area contributed by atoms with E-state index in [4.69, 9.17) is 4.74 Å². The minimum atomic E-state index is 0.0388. The van der Waals surface area contributed by atoms with Gasteiger partial charge in [-0.3, -0.25) is 14.7 Å². The molecule has 0 aromatic carbocycles. The highest BCUT2D eigenvalue weighted by molar-refractivity contribution is 5.77. The van der Waals surface area contributed by atoms with Crippen LogP contribution >= 0.6 is 0 Å². The predicted octanol–water partition coefficient (Wildman–Crippen LogP) is 2.37. The van der Waals surface area contributed by atoms with Gasteiger partial charge in [-0.1, -0.05) is 25.8 Å². The summed E-state index contributed by atoms with van der Waals surface area (Å²) < 4.78 is 5.71. The van der Waals surface area contributed by atoms with E-state index in [0.29, 0.717) is 12.0 Å². The fourth-order valence-electron chi connectivity index (χ4n) is 3.81. The molecule has 1 aromatic rings. The third kappa shape index (κ3) is 5.02. The third-order valence-electron chi connectivity index (χ3n) is 5.20. The summed E-state index contributed by atoms with van der Waals surface area (Å²) in [5, 5.41) is 3.17. The number of rotatable bonds is 6. The van der Waals surface area contributed by atoms with Crippen molar-refractivity contribution in [3.8, 4) is 0 Å². The quantitative estimate of drug-likeness (QED) is 0.869. The highest BCUT2D eigenvalue weighted by Gasteiger charge is 2.27. The molecule has 1 saturated carbocycles. The van der Waals surface area contributed by atoms with E-state index in [2.05, 4.69) is 28.2 Å². The smallest absolute Gasteiger partial charge is 0.246 e. The van der Waals surface area contributed by atoms with Crippen molar-refractivity contribution in [1.82, 2.24) is 15.2 Å². The normalized spacial score (nSPS) is 25.7. The molecular formula is C19H29N3O2. The van der Waals surface area contributed by atoms with Crippen molar-refractivity contribution in [3.63, 3.8) is 0 Å². The number of likely N-dealkylation sites (tertiary alicyclic amines) is 1. The molecule has 2 atom stereocenters. The summed E-state index contributed by atoms with van der Waals surface area (Å²) in [4.78, 5) is 18.9. The second kappa shape index (κ2) is 8.58. The summed E-state index contributed by atoms with van der Waals surface area (Å²) >= 11 is 0. The van der Waals surface area contributed by atoms with Gasteiger partial charge in [0.05, 0.1) is 11.8 Å². The molecule has 1 aliphatic heterocycles. The Morgan fingerprint density at radius 1 is 1.33 bits per heavy atom. The van der Waals surface area contributed by atoms with Gasteiger partial charge in [0, 0.05) is 31.9 Å². The standard InChI is InChI=1S/C19H29N3O2/c1-15-12-22(13-16-6-4-5-10-20-16)11-9-18(15)21-19(23)14-24-17-7-2-3-8-17/h4-6,10,15,17-18H,2-3,7-9,11-14H2,1H3,(H,21,23)/t15-,18+/m1/s1. The van der Waals surface area contributed by atoms with Crippen molar-refractivity contribution >= 4 is 5.91 Å². The van der Waals surface area contributed by atoms with E-state index in [-0.39, 0.29) is 18.6 Å². The van der Waals surface area contributed by atoms with Crippen LogP contribution in [0.15, 0.2) is 24.4 Å². The molecule has 24 heavy (non-hydrogen) atoms. The maximum Gasteiger partial charge on any atom is 0.246 e. The van der Waals surface area contributed by atoms with Crippen LogP contribution in [-0.2, 0) is 16.1 Å². The highest BCUT2D eigenvalue weighted by Crippen LogP contribution is 2.21. The minimum absolute atomic E-state index is 0.0388. The van der Waals surface area contributed by atoms with Gasteiger partial charge in [-0.15, -0.1) is 0 Å². The number of aromatic nitrogens is 1. The Bertz CT molecular complexity index is 517. The van der Waals surface area contributed by atoms with Crippen LogP contribution in [-0.4, -0.2) is 47.6 Å². The largest absolute Gasteiger partial charge is 0.368 e. The van der Waals surface area contributed by atoms with Crippen LogP contribution in [0.25, 0.3) is 0 Å². The fraction of sp³-hybridized carbons (Fsp3) is 0.684. The molecule has 2 fully saturated rings. The van der Waals surface area contributed by atoms with Crippen LogP contribution in [0.1, 0.15) is 44.7 Å². The first-order chi connectivity index (χ1) is 11.7. The SMILES string of the molecule is C[C@@H]1CN(Cc2ccccn2)CC[C@@H]1NC(=O)COC1CCCC1. The van der Waals surface area contributed by atoms with E-state index < -0.39 is 0 Å². The lowest BCUT2D eigenvalue weighted by atomic mass is 9.93. The molecule has 5 heteroatoms. The zero-order valence-electron chi connectivity index (χ0n) is 14.6. The maximum absolute atomic E-state index is 12.1. The zero-order valence-corrected chi connectivity index (χ0v) is 14.6. The molecule has 0 spiro atoms. The Hall–Kier alpha value is -1.46. The Kier molecular flexibility index (Phi) is 6.21. The predicted molar refractivity (Wildman–Crippen MR) is 93.4 cm³/mol. The van der Waals surface area contributed by atoms with Crippen LogP contribution in [0.3, 0.4) is 0 Å². The van der Waals surface area contributed by atoms with Gasteiger partial charge in [0.25, 0.3) is 0 Å². The van der Waals surface area contributed by atoms with Gasteiger partial charge in [-0.05, 0) is 37.3 Å². The Labute approximate surface area is 144 Å². The summed E-state index contributed by atoms with van der Waals surface area (Å²) in [6.45, 7) is 5.30. The molecule has 1 saturated heterocycles. The molecule has 0 unspecified atom stereocenters. The van der Waals surface area contributed by atoms with Crippen molar-refractivity contribution in [3.05, 3.63) is 30.1 Å². The molecule has 1 aromatic heterocycles. The molecule has 1 amide bonds. The maximum atomic E-state index is 12.1. The molecule has 5 nitrogen and oxygen atoms in total. The van der Waals surface area contributed by atoms with Crippen LogP contribution in [0.2, 0.25) is 0 Å². The van der Waals surface area contributed by atoms with E-state index >= 15 is 0 Å². The Morgan fingerprint density at radius 3 is 2.88 bits per heavy atom. The monoisotopic (exact) mass is 331 g/mol. The van der Waals surface area contributed by atoms with Crippen molar-refractivity contribution < 1.29 is 9.53 Å². The van der Waals surface area contributed by atoms with Gasteiger partial charge in [-0.25, -0.2) is 0 Å². The molecule has 0 bridgehead atoms. The van der Waals surface area contributed by atoms with Gasteiger partial charge < -0.3 is 10.1 Å². The fourth-order valence-corrected chi connectivity index (χ4v) is 3.81. The molecule has 2 heterocycles. The van der Waals surface area contributed by atoms with Crippen LogP contribution < -0.4 is 5.32 Å². The van der Waals surface area contributed by atoms with Gasteiger partial charge in [0.1, 0.15) is 6.61 Å². The number of pyridine rings is 1. The number of nitrogens with one attached hydrogen (secondary N) is 1. The number of nitrogens with zero attached hydrogens (tertiary/aromatic N) is 2. The van der Waals surface area contributed by atoms with Crippen LogP contribution in [0.4, 0.5) is 0 Å². The summed E-state index contributed by atoms with van der Waals surface area (Å²) in [5.74, 6) is 0.481. The molecule has 3 rings (SSSR count). The van der Waals surface area contributed by atoms with Crippen LogP contribution in [0.5, 0.6) is 0 Å². The molecule has 0 radical (unpaired) electrons. The number of hydrogen-bond acceptors (Lipinski definition) is 4. The summed E-state index contributed by atoms with van der Waals surface area (Å²) in [7, 11) is 0. The third-order valence-corrected chi connectivity index (χ3v) is 5.20. The lowest BCUT2D eigenvalue weighted by Gasteiger charge is -2.37. The van der Waals surface area contributed by atoms with Gasteiger partial charge >= 0.3 is 0 Å². The van der Waals surface area contributed by atoms with Gasteiger partial charge in [0.15, 0.2) is 0 Å². The summed E-state index contributed by atoms with van der Waals surface area (Å²) in [6, 6.07) is 6.30. The molecule has 132 valence electrons. The number of hydrogen-bond donors (Lipinski definition) is 1. The van der Waals surface area contributed by atoms with E-state index in [1.54, 1.807) is 0 Å². The lowest BCUT2D eigenvalue weighted by molar-refractivity contribution is -0.129. The Morgan fingerprint density at radius 2 is 2.17 bits per heavy atom. The van der Waals surface area contributed by atoms with Crippen LogP contribution in [0, 0.1) is 5.92 Å². The molecule has 1 aliphatic carbocycles. The number of carbonyl (C=O) groups excluding carboxylic acids is 1. The highest BCUT2D eigenvalue weighted by atomic mass is 16.5.